The summed E-state index contributed by atoms with van der Waals surface area (Å²) in [5.74, 6) is -1.92. The summed E-state index contributed by atoms with van der Waals surface area (Å²) in [6.45, 7) is 0. The van der Waals surface area contributed by atoms with Gasteiger partial charge >= 0.3 is 0 Å². The molecule has 0 unspecified atom stereocenters. The van der Waals surface area contributed by atoms with Gasteiger partial charge in [0.05, 0.1) is 17.4 Å². The molecule has 0 aliphatic carbocycles. The molecule has 0 spiro atoms. The fourth-order valence-corrected chi connectivity index (χ4v) is 4.96. The number of benzene rings is 2. The average molecular weight is 383 g/mol. The maximum absolute atomic E-state index is 12.9. The average Bonchev–Trinajstić information content (AvgIpc) is 3.39. The minimum Gasteiger partial charge on any atom is -0.361 e. The SMILES string of the molecule is O=C1NC(=O)[C@@H](c2cn3c4c(cccc24)CCC3=O)[C@@H]1c1c[nH]c2ccccc12. The van der Waals surface area contributed by atoms with E-state index in [2.05, 4.69) is 10.3 Å². The number of nitrogens with one attached hydrogen (secondary N) is 2. The Morgan fingerprint density at radius 3 is 2.45 bits per heavy atom. The normalized spacial score (nSPS) is 21.3. The van der Waals surface area contributed by atoms with Gasteiger partial charge in [-0.3, -0.25) is 24.3 Å². The predicted molar refractivity (Wildman–Crippen MR) is 108 cm³/mol. The van der Waals surface area contributed by atoms with Crippen LogP contribution in [0.2, 0.25) is 0 Å². The molecule has 2 atom stereocenters. The van der Waals surface area contributed by atoms with Gasteiger partial charge in [0.25, 0.3) is 0 Å². The standard InChI is InChI=1S/C23H17N3O3/c27-18-9-8-12-4-3-6-14-16(11-26(18)21(12)14)20-19(22(28)25-23(20)29)15-10-24-17-7-2-1-5-13(15)17/h1-7,10-11,19-20,24H,8-9H2,(H,25,28,29)/t19-,20-/m0/s1. The summed E-state index contributed by atoms with van der Waals surface area (Å²) < 4.78 is 1.66. The number of carbonyl (C=O) groups is 3. The Hall–Kier alpha value is -3.67. The number of nitrogens with zero attached hydrogens (tertiary/aromatic N) is 1. The van der Waals surface area contributed by atoms with Crippen LogP contribution in [0.25, 0.3) is 21.8 Å². The highest BCUT2D eigenvalue weighted by molar-refractivity contribution is 6.13. The van der Waals surface area contributed by atoms with Gasteiger partial charge in [-0.25, -0.2) is 0 Å². The van der Waals surface area contributed by atoms with Crippen LogP contribution in [-0.4, -0.2) is 27.3 Å². The van der Waals surface area contributed by atoms with Crippen LogP contribution in [-0.2, 0) is 16.0 Å². The summed E-state index contributed by atoms with van der Waals surface area (Å²) in [7, 11) is 0. The monoisotopic (exact) mass is 383 g/mol. The van der Waals surface area contributed by atoms with E-state index in [0.29, 0.717) is 12.8 Å². The molecule has 4 heterocycles. The Labute approximate surface area is 165 Å². The Morgan fingerprint density at radius 1 is 0.828 bits per heavy atom. The molecule has 2 aliphatic rings. The molecule has 2 N–H and O–H groups in total. The van der Waals surface area contributed by atoms with E-state index in [1.807, 2.05) is 48.7 Å². The van der Waals surface area contributed by atoms with Crippen LogP contribution in [0.1, 0.15) is 39.7 Å². The van der Waals surface area contributed by atoms with Crippen LogP contribution in [0.15, 0.2) is 54.9 Å². The first-order chi connectivity index (χ1) is 14.1. The number of amides is 2. The number of para-hydroxylation sites is 2. The molecule has 0 saturated carbocycles. The molecule has 1 fully saturated rings. The van der Waals surface area contributed by atoms with Gasteiger partial charge in [-0.2, -0.15) is 0 Å². The minimum atomic E-state index is -0.674. The van der Waals surface area contributed by atoms with Gasteiger partial charge in [0, 0.05) is 35.1 Å². The van der Waals surface area contributed by atoms with Crippen molar-refractivity contribution < 1.29 is 14.4 Å². The number of rotatable bonds is 2. The number of hydrogen-bond donors (Lipinski definition) is 2. The molecule has 0 radical (unpaired) electrons. The molecule has 0 bridgehead atoms. The first-order valence-electron chi connectivity index (χ1n) is 9.70. The Morgan fingerprint density at radius 2 is 1.59 bits per heavy atom. The maximum atomic E-state index is 12.9. The molecular weight excluding hydrogens is 366 g/mol. The zero-order chi connectivity index (χ0) is 19.7. The Kier molecular flexibility index (Phi) is 3.19. The molecule has 2 aromatic heterocycles. The number of aromatic nitrogens is 2. The number of hydrogen-bond acceptors (Lipinski definition) is 3. The molecule has 1 saturated heterocycles. The van der Waals surface area contributed by atoms with Crippen molar-refractivity contribution in [1.82, 2.24) is 14.9 Å². The molecule has 29 heavy (non-hydrogen) atoms. The molecule has 142 valence electrons. The van der Waals surface area contributed by atoms with Crippen molar-refractivity contribution in [2.45, 2.75) is 24.7 Å². The fraction of sp³-hybridized carbons (Fsp3) is 0.174. The maximum Gasteiger partial charge on any atom is 0.235 e. The van der Waals surface area contributed by atoms with Crippen molar-refractivity contribution in [3.63, 3.8) is 0 Å². The molecule has 2 amide bonds. The smallest absolute Gasteiger partial charge is 0.235 e. The van der Waals surface area contributed by atoms with Gasteiger partial charge in [0.1, 0.15) is 0 Å². The fourth-order valence-electron chi connectivity index (χ4n) is 4.96. The third-order valence-electron chi connectivity index (χ3n) is 6.25. The van der Waals surface area contributed by atoms with E-state index < -0.39 is 11.8 Å². The Bertz CT molecular complexity index is 1360. The predicted octanol–water partition coefficient (Wildman–Crippen LogP) is 3.23. The summed E-state index contributed by atoms with van der Waals surface area (Å²) in [6.07, 6.45) is 4.72. The lowest BCUT2D eigenvalue weighted by molar-refractivity contribution is -0.125. The number of fused-ring (bicyclic) bond motifs is 1. The summed E-state index contributed by atoms with van der Waals surface area (Å²) in [6, 6.07) is 13.7. The highest BCUT2D eigenvalue weighted by Gasteiger charge is 2.46. The van der Waals surface area contributed by atoms with Crippen LogP contribution in [0.4, 0.5) is 0 Å². The number of carbonyl (C=O) groups excluding carboxylic acids is 3. The third-order valence-corrected chi connectivity index (χ3v) is 6.25. The lowest BCUT2D eigenvalue weighted by atomic mass is 9.83. The van der Waals surface area contributed by atoms with Gasteiger partial charge in [0.15, 0.2) is 0 Å². The van der Waals surface area contributed by atoms with Crippen molar-refractivity contribution in [1.29, 1.82) is 0 Å². The number of H-pyrrole nitrogens is 1. The largest absolute Gasteiger partial charge is 0.361 e. The van der Waals surface area contributed by atoms with Crippen molar-refractivity contribution in [2.75, 3.05) is 0 Å². The summed E-state index contributed by atoms with van der Waals surface area (Å²) >= 11 is 0. The lowest BCUT2D eigenvalue weighted by Gasteiger charge is -2.15. The van der Waals surface area contributed by atoms with Crippen molar-refractivity contribution in [3.05, 3.63) is 71.5 Å². The van der Waals surface area contributed by atoms with E-state index in [-0.39, 0.29) is 17.7 Å². The van der Waals surface area contributed by atoms with E-state index in [0.717, 1.165) is 38.5 Å². The van der Waals surface area contributed by atoms with Crippen LogP contribution >= 0.6 is 0 Å². The molecule has 2 aliphatic heterocycles. The van der Waals surface area contributed by atoms with Gasteiger partial charge in [-0.05, 0) is 29.2 Å². The molecular formula is C23H17N3O3. The van der Waals surface area contributed by atoms with Gasteiger partial charge < -0.3 is 4.98 Å². The highest BCUT2D eigenvalue weighted by atomic mass is 16.2. The number of aromatic amines is 1. The molecule has 6 rings (SSSR count). The first kappa shape index (κ1) is 16.3. The zero-order valence-corrected chi connectivity index (χ0v) is 15.4. The summed E-state index contributed by atoms with van der Waals surface area (Å²) in [4.78, 5) is 41.5. The first-order valence-corrected chi connectivity index (χ1v) is 9.70. The van der Waals surface area contributed by atoms with Gasteiger partial charge in [-0.15, -0.1) is 0 Å². The Balaban J connectivity index is 1.60. The molecule has 2 aromatic carbocycles. The van der Waals surface area contributed by atoms with Gasteiger partial charge in [-0.1, -0.05) is 36.4 Å². The van der Waals surface area contributed by atoms with Crippen LogP contribution in [0.5, 0.6) is 0 Å². The summed E-state index contributed by atoms with van der Waals surface area (Å²) in [5, 5.41) is 4.31. The van der Waals surface area contributed by atoms with Crippen molar-refractivity contribution in [3.8, 4) is 0 Å². The molecule has 4 aromatic rings. The second kappa shape index (κ2) is 5.67. The number of imide groups is 1. The van der Waals surface area contributed by atoms with Crippen LogP contribution < -0.4 is 5.32 Å². The van der Waals surface area contributed by atoms with E-state index in [9.17, 15) is 14.4 Å². The zero-order valence-electron chi connectivity index (χ0n) is 15.4. The minimum absolute atomic E-state index is 0.0216. The lowest BCUT2D eigenvalue weighted by Crippen LogP contribution is -2.21. The van der Waals surface area contributed by atoms with Gasteiger partial charge in [0.2, 0.25) is 17.7 Å². The second-order valence-corrected chi connectivity index (χ2v) is 7.76. The second-order valence-electron chi connectivity index (χ2n) is 7.76. The quantitative estimate of drug-likeness (QED) is 0.521. The summed E-state index contributed by atoms with van der Waals surface area (Å²) in [5.41, 5.74) is 4.42. The van der Waals surface area contributed by atoms with Crippen molar-refractivity contribution >= 4 is 39.5 Å². The molecule has 6 heteroatoms. The highest BCUT2D eigenvalue weighted by Crippen LogP contribution is 2.44. The van der Waals surface area contributed by atoms with Crippen LogP contribution in [0, 0.1) is 0 Å². The van der Waals surface area contributed by atoms with Crippen LogP contribution in [0.3, 0.4) is 0 Å². The van der Waals surface area contributed by atoms with E-state index in [1.165, 1.54) is 0 Å². The van der Waals surface area contributed by atoms with Crippen molar-refractivity contribution in [2.24, 2.45) is 0 Å². The van der Waals surface area contributed by atoms with E-state index in [1.54, 1.807) is 10.8 Å². The number of aryl methyl sites for hydroxylation is 1. The van der Waals surface area contributed by atoms with E-state index in [4.69, 9.17) is 0 Å². The molecule has 6 nitrogen and oxygen atoms in total. The van der Waals surface area contributed by atoms with E-state index >= 15 is 0 Å². The topological polar surface area (TPSA) is 84.0 Å². The third kappa shape index (κ3) is 2.14.